The third kappa shape index (κ3) is 3.16. The number of sulfonamides is 1. The van der Waals surface area contributed by atoms with Crippen LogP contribution in [0.5, 0.6) is 5.75 Å². The van der Waals surface area contributed by atoms with Gasteiger partial charge in [0.1, 0.15) is 5.75 Å². The van der Waals surface area contributed by atoms with Crippen molar-refractivity contribution in [2.24, 2.45) is 5.73 Å². The number of rotatable bonds is 6. The molecule has 1 aromatic carbocycles. The summed E-state index contributed by atoms with van der Waals surface area (Å²) in [5.41, 5.74) is 6.90. The Balaban J connectivity index is 2.20. The molecule has 0 fully saturated rings. The number of methoxy groups -OCH3 is 1. The summed E-state index contributed by atoms with van der Waals surface area (Å²) in [6.07, 6.45) is 3.05. The van der Waals surface area contributed by atoms with Crippen LogP contribution in [0, 0.1) is 0 Å². The molecule has 0 saturated heterocycles. The molecule has 0 unspecified atom stereocenters. The molecule has 0 aliphatic carbocycles. The first-order valence-electron chi connectivity index (χ1n) is 5.90. The predicted octanol–water partition coefficient (Wildman–Crippen LogP) is 0.355. The second-order valence-corrected chi connectivity index (χ2v) is 5.85. The standard InChI is InChI=1S/C12H16N4O3S/c1-19-12-3-2-11(4-9(12)5-13)20(17,18)16-7-10-6-14-8-15-10/h2-4,6,8,16H,5,7,13H2,1H3,(H,14,15). The summed E-state index contributed by atoms with van der Waals surface area (Å²) in [7, 11) is -2.09. The van der Waals surface area contributed by atoms with E-state index in [0.717, 1.165) is 0 Å². The second kappa shape index (κ2) is 6.04. The fraction of sp³-hybridized carbons (Fsp3) is 0.250. The van der Waals surface area contributed by atoms with Gasteiger partial charge in [-0.2, -0.15) is 0 Å². The van der Waals surface area contributed by atoms with Crippen molar-refractivity contribution in [3.63, 3.8) is 0 Å². The Bertz CT molecular complexity index is 668. The smallest absolute Gasteiger partial charge is 0.240 e. The molecule has 20 heavy (non-hydrogen) atoms. The highest BCUT2D eigenvalue weighted by molar-refractivity contribution is 7.89. The van der Waals surface area contributed by atoms with Crippen LogP contribution in [0.1, 0.15) is 11.3 Å². The zero-order valence-corrected chi connectivity index (χ0v) is 11.8. The van der Waals surface area contributed by atoms with E-state index in [1.54, 1.807) is 12.3 Å². The molecule has 0 saturated carbocycles. The van der Waals surface area contributed by atoms with Crippen molar-refractivity contribution >= 4 is 10.0 Å². The van der Waals surface area contributed by atoms with Gasteiger partial charge >= 0.3 is 0 Å². The number of aromatic amines is 1. The normalized spacial score (nSPS) is 11.5. The van der Waals surface area contributed by atoms with Gasteiger partial charge in [-0.3, -0.25) is 0 Å². The highest BCUT2D eigenvalue weighted by Gasteiger charge is 2.16. The van der Waals surface area contributed by atoms with Crippen LogP contribution in [-0.4, -0.2) is 25.5 Å². The molecule has 1 aromatic heterocycles. The number of imidazole rings is 1. The summed E-state index contributed by atoms with van der Waals surface area (Å²) in [5, 5.41) is 0. The van der Waals surface area contributed by atoms with E-state index in [-0.39, 0.29) is 18.0 Å². The highest BCUT2D eigenvalue weighted by Crippen LogP contribution is 2.21. The lowest BCUT2D eigenvalue weighted by Gasteiger charge is -2.10. The molecule has 0 spiro atoms. The van der Waals surface area contributed by atoms with Crippen LogP contribution in [0.15, 0.2) is 35.6 Å². The molecule has 0 aliphatic rings. The van der Waals surface area contributed by atoms with Gasteiger partial charge in [0.2, 0.25) is 10.0 Å². The van der Waals surface area contributed by atoms with E-state index < -0.39 is 10.0 Å². The van der Waals surface area contributed by atoms with Gasteiger partial charge in [-0.15, -0.1) is 0 Å². The Morgan fingerprint density at radius 2 is 2.25 bits per heavy atom. The van der Waals surface area contributed by atoms with E-state index in [1.165, 1.54) is 25.6 Å². The lowest BCUT2D eigenvalue weighted by atomic mass is 10.2. The summed E-state index contributed by atoms with van der Waals surface area (Å²) >= 11 is 0. The molecule has 0 radical (unpaired) electrons. The second-order valence-electron chi connectivity index (χ2n) is 4.08. The van der Waals surface area contributed by atoms with Crippen LogP contribution in [0.2, 0.25) is 0 Å². The number of nitrogens with zero attached hydrogens (tertiary/aromatic N) is 1. The van der Waals surface area contributed by atoms with Crippen LogP contribution >= 0.6 is 0 Å². The number of nitrogens with two attached hydrogens (primary N) is 1. The molecule has 8 heteroatoms. The molecular formula is C12H16N4O3S. The summed E-state index contributed by atoms with van der Waals surface area (Å²) in [4.78, 5) is 6.80. The van der Waals surface area contributed by atoms with Crippen LogP contribution in [0.4, 0.5) is 0 Å². The minimum Gasteiger partial charge on any atom is -0.496 e. The van der Waals surface area contributed by atoms with Gasteiger partial charge in [0.25, 0.3) is 0 Å². The molecule has 7 nitrogen and oxygen atoms in total. The Labute approximate surface area is 117 Å². The number of H-pyrrole nitrogens is 1. The van der Waals surface area contributed by atoms with Crippen molar-refractivity contribution in [3.05, 3.63) is 42.0 Å². The zero-order valence-electron chi connectivity index (χ0n) is 11.0. The first kappa shape index (κ1) is 14.5. The summed E-state index contributed by atoms with van der Waals surface area (Å²) < 4.78 is 31.9. The molecule has 0 atom stereocenters. The van der Waals surface area contributed by atoms with Crippen LogP contribution in [-0.2, 0) is 23.1 Å². The minimum absolute atomic E-state index is 0.145. The fourth-order valence-corrected chi connectivity index (χ4v) is 2.78. The fourth-order valence-electron chi connectivity index (χ4n) is 1.72. The van der Waals surface area contributed by atoms with Gasteiger partial charge in [0, 0.05) is 24.0 Å². The molecule has 0 amide bonds. The topological polar surface area (TPSA) is 110 Å². The molecule has 0 aliphatic heterocycles. The number of aromatic nitrogens is 2. The average molecular weight is 296 g/mol. The molecular weight excluding hydrogens is 280 g/mol. The maximum Gasteiger partial charge on any atom is 0.240 e. The van der Waals surface area contributed by atoms with E-state index >= 15 is 0 Å². The molecule has 108 valence electrons. The number of ether oxygens (including phenoxy) is 1. The highest BCUT2D eigenvalue weighted by atomic mass is 32.2. The van der Waals surface area contributed by atoms with E-state index in [9.17, 15) is 8.42 Å². The number of nitrogens with one attached hydrogen (secondary N) is 2. The van der Waals surface area contributed by atoms with Gasteiger partial charge in [-0.1, -0.05) is 0 Å². The van der Waals surface area contributed by atoms with Crippen molar-refractivity contribution in [1.29, 1.82) is 0 Å². The summed E-state index contributed by atoms with van der Waals surface area (Å²) in [6, 6.07) is 4.58. The van der Waals surface area contributed by atoms with Crippen molar-refractivity contribution in [1.82, 2.24) is 14.7 Å². The van der Waals surface area contributed by atoms with Crippen molar-refractivity contribution < 1.29 is 13.2 Å². The first-order valence-corrected chi connectivity index (χ1v) is 7.39. The Morgan fingerprint density at radius 3 is 2.85 bits per heavy atom. The maximum absolute atomic E-state index is 12.2. The van der Waals surface area contributed by atoms with Gasteiger partial charge in [-0.05, 0) is 18.2 Å². The average Bonchev–Trinajstić information content (AvgIpc) is 2.97. The minimum atomic E-state index is -3.60. The lowest BCUT2D eigenvalue weighted by Crippen LogP contribution is -2.23. The van der Waals surface area contributed by atoms with Gasteiger partial charge in [-0.25, -0.2) is 18.1 Å². The Kier molecular flexibility index (Phi) is 4.38. The number of benzene rings is 1. The van der Waals surface area contributed by atoms with Gasteiger partial charge in [0.05, 0.1) is 24.9 Å². The quantitative estimate of drug-likeness (QED) is 0.712. The molecule has 1 heterocycles. The Hall–Kier alpha value is -1.90. The number of hydrogen-bond donors (Lipinski definition) is 3. The third-order valence-electron chi connectivity index (χ3n) is 2.79. The van der Waals surface area contributed by atoms with Crippen molar-refractivity contribution in [2.75, 3.05) is 7.11 Å². The third-order valence-corrected chi connectivity index (χ3v) is 4.19. The number of hydrogen-bond acceptors (Lipinski definition) is 5. The van der Waals surface area contributed by atoms with Gasteiger partial charge in [0.15, 0.2) is 0 Å². The monoisotopic (exact) mass is 296 g/mol. The zero-order chi connectivity index (χ0) is 14.6. The largest absolute Gasteiger partial charge is 0.496 e. The van der Waals surface area contributed by atoms with Crippen molar-refractivity contribution in [2.45, 2.75) is 18.0 Å². The van der Waals surface area contributed by atoms with Crippen LogP contribution in [0.3, 0.4) is 0 Å². The van der Waals surface area contributed by atoms with Crippen LogP contribution < -0.4 is 15.2 Å². The summed E-state index contributed by atoms with van der Waals surface area (Å²) in [5.74, 6) is 0.569. The summed E-state index contributed by atoms with van der Waals surface area (Å²) in [6.45, 7) is 0.347. The predicted molar refractivity (Wildman–Crippen MR) is 73.5 cm³/mol. The lowest BCUT2D eigenvalue weighted by molar-refractivity contribution is 0.409. The molecule has 4 N–H and O–H groups in total. The SMILES string of the molecule is COc1ccc(S(=O)(=O)NCc2cnc[nH]2)cc1CN. The van der Waals surface area contributed by atoms with E-state index in [4.69, 9.17) is 10.5 Å². The van der Waals surface area contributed by atoms with E-state index in [0.29, 0.717) is 17.0 Å². The molecule has 2 rings (SSSR count). The first-order chi connectivity index (χ1) is 9.56. The van der Waals surface area contributed by atoms with E-state index in [2.05, 4.69) is 14.7 Å². The maximum atomic E-state index is 12.2. The van der Waals surface area contributed by atoms with Crippen molar-refractivity contribution in [3.8, 4) is 5.75 Å². The molecule has 2 aromatic rings. The van der Waals surface area contributed by atoms with E-state index in [1.807, 2.05) is 0 Å². The Morgan fingerprint density at radius 1 is 1.45 bits per heavy atom. The van der Waals surface area contributed by atoms with Gasteiger partial charge < -0.3 is 15.5 Å². The van der Waals surface area contributed by atoms with Crippen LogP contribution in [0.25, 0.3) is 0 Å². The molecule has 0 bridgehead atoms.